The summed E-state index contributed by atoms with van der Waals surface area (Å²) in [6.45, 7) is 0. The Bertz CT molecular complexity index is 390. The smallest absolute Gasteiger partial charge is 0.419 e. The summed E-state index contributed by atoms with van der Waals surface area (Å²) in [5.74, 6) is -0.203. The fraction of sp³-hybridized carbons (Fsp3) is 0.500. The quantitative estimate of drug-likeness (QED) is 0.869. The summed E-state index contributed by atoms with van der Waals surface area (Å²) < 4.78 is 43.3. The average molecular weight is 246 g/mol. The van der Waals surface area contributed by atoms with Crippen LogP contribution in [0.2, 0.25) is 0 Å². The largest absolute Gasteiger partial charge is 0.487 e. The molecule has 2 atom stereocenters. The average Bonchev–Trinajstić information content (AvgIpc) is 2.64. The lowest BCUT2D eigenvalue weighted by Crippen LogP contribution is -2.26. The van der Waals surface area contributed by atoms with E-state index >= 15 is 0 Å². The SMILES string of the molecule is O[C@H]1CCC[C@@H]1Oc1ccccc1C(F)(F)F. The third-order valence-corrected chi connectivity index (χ3v) is 2.89. The van der Waals surface area contributed by atoms with Gasteiger partial charge in [0.15, 0.2) is 0 Å². The van der Waals surface area contributed by atoms with Crippen LogP contribution >= 0.6 is 0 Å². The predicted octanol–water partition coefficient (Wildman–Crippen LogP) is 3.00. The zero-order chi connectivity index (χ0) is 12.5. The van der Waals surface area contributed by atoms with E-state index < -0.39 is 23.9 Å². The molecule has 0 aliphatic heterocycles. The molecule has 1 aromatic carbocycles. The fourth-order valence-corrected chi connectivity index (χ4v) is 2.01. The highest BCUT2D eigenvalue weighted by atomic mass is 19.4. The predicted molar refractivity (Wildman–Crippen MR) is 55.7 cm³/mol. The molecule has 2 rings (SSSR count). The molecule has 0 saturated heterocycles. The van der Waals surface area contributed by atoms with Gasteiger partial charge in [-0.25, -0.2) is 0 Å². The van der Waals surface area contributed by atoms with Crippen LogP contribution in [0.5, 0.6) is 5.75 Å². The third-order valence-electron chi connectivity index (χ3n) is 2.89. The summed E-state index contributed by atoms with van der Waals surface area (Å²) in [4.78, 5) is 0. The molecule has 0 aromatic heterocycles. The van der Waals surface area contributed by atoms with Crippen molar-refractivity contribution in [3.8, 4) is 5.75 Å². The molecule has 1 fully saturated rings. The molecule has 1 aromatic rings. The van der Waals surface area contributed by atoms with Crippen molar-refractivity contribution in [1.29, 1.82) is 0 Å². The number of aliphatic hydroxyl groups excluding tert-OH is 1. The molecule has 1 aliphatic rings. The molecule has 2 nitrogen and oxygen atoms in total. The van der Waals surface area contributed by atoms with Gasteiger partial charge in [-0.2, -0.15) is 13.2 Å². The van der Waals surface area contributed by atoms with Crippen LogP contribution in [0.1, 0.15) is 24.8 Å². The van der Waals surface area contributed by atoms with Crippen LogP contribution < -0.4 is 4.74 Å². The Morgan fingerprint density at radius 2 is 1.88 bits per heavy atom. The van der Waals surface area contributed by atoms with Gasteiger partial charge in [-0.15, -0.1) is 0 Å². The first-order valence-electron chi connectivity index (χ1n) is 5.49. The lowest BCUT2D eigenvalue weighted by atomic mass is 10.2. The van der Waals surface area contributed by atoms with E-state index in [1.165, 1.54) is 18.2 Å². The Morgan fingerprint density at radius 1 is 1.18 bits per heavy atom. The number of rotatable bonds is 2. The van der Waals surface area contributed by atoms with Crippen LogP contribution in [0.15, 0.2) is 24.3 Å². The number of hydrogen-bond donors (Lipinski definition) is 1. The highest BCUT2D eigenvalue weighted by molar-refractivity contribution is 5.35. The second kappa shape index (κ2) is 4.56. The van der Waals surface area contributed by atoms with Crippen LogP contribution in [0, 0.1) is 0 Å². The normalized spacial score (nSPS) is 24.9. The molecule has 94 valence electrons. The zero-order valence-electron chi connectivity index (χ0n) is 9.07. The minimum Gasteiger partial charge on any atom is -0.487 e. The summed E-state index contributed by atoms with van der Waals surface area (Å²) in [6.07, 6.45) is -3.68. The van der Waals surface area contributed by atoms with Crippen LogP contribution in [0.3, 0.4) is 0 Å². The standard InChI is InChI=1S/C12H13F3O2/c13-12(14,15)8-4-1-2-6-10(8)17-11-7-3-5-9(11)16/h1-2,4,6,9,11,16H,3,5,7H2/t9-,11-/m0/s1. The Labute approximate surface area is 97.0 Å². The van der Waals surface area contributed by atoms with Gasteiger partial charge in [0.2, 0.25) is 0 Å². The highest BCUT2D eigenvalue weighted by Crippen LogP contribution is 2.37. The van der Waals surface area contributed by atoms with Crippen molar-refractivity contribution in [2.24, 2.45) is 0 Å². The van der Waals surface area contributed by atoms with Crippen LogP contribution in [0.25, 0.3) is 0 Å². The molecule has 1 aliphatic carbocycles. The van der Waals surface area contributed by atoms with Gasteiger partial charge in [-0.05, 0) is 31.4 Å². The lowest BCUT2D eigenvalue weighted by Gasteiger charge is -2.20. The first kappa shape index (κ1) is 12.2. The third kappa shape index (κ3) is 2.72. The van der Waals surface area contributed by atoms with Crippen molar-refractivity contribution < 1.29 is 23.0 Å². The molecule has 1 N–H and O–H groups in total. The molecule has 0 bridgehead atoms. The van der Waals surface area contributed by atoms with Crippen molar-refractivity contribution in [3.05, 3.63) is 29.8 Å². The topological polar surface area (TPSA) is 29.5 Å². The van der Waals surface area contributed by atoms with Gasteiger partial charge in [0.05, 0.1) is 11.7 Å². The molecular weight excluding hydrogens is 233 g/mol. The van der Waals surface area contributed by atoms with Crippen molar-refractivity contribution in [1.82, 2.24) is 0 Å². The van der Waals surface area contributed by atoms with Gasteiger partial charge in [-0.1, -0.05) is 12.1 Å². The maximum atomic E-state index is 12.7. The number of hydrogen-bond acceptors (Lipinski definition) is 2. The molecule has 17 heavy (non-hydrogen) atoms. The molecular formula is C12H13F3O2. The maximum Gasteiger partial charge on any atom is 0.419 e. The van der Waals surface area contributed by atoms with Crippen LogP contribution in [-0.2, 0) is 6.18 Å². The lowest BCUT2D eigenvalue weighted by molar-refractivity contribution is -0.139. The van der Waals surface area contributed by atoms with Crippen LogP contribution in [0.4, 0.5) is 13.2 Å². The van der Waals surface area contributed by atoms with Gasteiger partial charge in [0, 0.05) is 0 Å². The van der Waals surface area contributed by atoms with Gasteiger partial charge in [0.25, 0.3) is 0 Å². The Morgan fingerprint density at radius 3 is 2.47 bits per heavy atom. The van der Waals surface area contributed by atoms with Crippen molar-refractivity contribution in [2.75, 3.05) is 0 Å². The van der Waals surface area contributed by atoms with E-state index in [0.29, 0.717) is 12.8 Å². The van der Waals surface area contributed by atoms with Crippen molar-refractivity contribution in [3.63, 3.8) is 0 Å². The highest BCUT2D eigenvalue weighted by Gasteiger charge is 2.36. The van der Waals surface area contributed by atoms with E-state index in [9.17, 15) is 18.3 Å². The monoisotopic (exact) mass is 246 g/mol. The number of ether oxygens (including phenoxy) is 1. The number of alkyl halides is 3. The van der Waals surface area contributed by atoms with Gasteiger partial charge >= 0.3 is 6.18 Å². The molecule has 0 radical (unpaired) electrons. The van der Waals surface area contributed by atoms with Crippen LogP contribution in [-0.4, -0.2) is 17.3 Å². The number of para-hydroxylation sites is 1. The Balaban J connectivity index is 2.21. The van der Waals surface area contributed by atoms with E-state index in [2.05, 4.69) is 0 Å². The van der Waals surface area contributed by atoms with Crippen molar-refractivity contribution >= 4 is 0 Å². The summed E-state index contributed by atoms with van der Waals surface area (Å²) >= 11 is 0. The first-order chi connectivity index (χ1) is 7.98. The Hall–Kier alpha value is -1.23. The number of benzene rings is 1. The molecule has 1 saturated carbocycles. The van der Waals surface area contributed by atoms with E-state index in [1.54, 1.807) is 0 Å². The summed E-state index contributed by atoms with van der Waals surface area (Å²) in [7, 11) is 0. The summed E-state index contributed by atoms with van der Waals surface area (Å²) in [5.41, 5.74) is -0.792. The second-order valence-electron chi connectivity index (χ2n) is 4.15. The van der Waals surface area contributed by atoms with E-state index in [1.807, 2.05) is 0 Å². The summed E-state index contributed by atoms with van der Waals surface area (Å²) in [6, 6.07) is 5.08. The molecule has 0 amide bonds. The second-order valence-corrected chi connectivity index (χ2v) is 4.15. The molecule has 0 spiro atoms. The number of halogens is 3. The van der Waals surface area contributed by atoms with Crippen molar-refractivity contribution in [2.45, 2.75) is 37.6 Å². The molecule has 5 heteroatoms. The van der Waals surface area contributed by atoms with Gasteiger partial charge in [0.1, 0.15) is 11.9 Å². The fourth-order valence-electron chi connectivity index (χ4n) is 2.01. The zero-order valence-corrected chi connectivity index (χ0v) is 9.07. The molecule has 0 unspecified atom stereocenters. The number of aliphatic hydroxyl groups is 1. The van der Waals surface area contributed by atoms with Gasteiger partial charge in [-0.3, -0.25) is 0 Å². The van der Waals surface area contributed by atoms with E-state index in [4.69, 9.17) is 4.74 Å². The minimum atomic E-state index is -4.43. The Kier molecular flexibility index (Phi) is 3.28. The maximum absolute atomic E-state index is 12.7. The van der Waals surface area contributed by atoms with Gasteiger partial charge < -0.3 is 9.84 Å². The van der Waals surface area contributed by atoms with E-state index in [-0.39, 0.29) is 5.75 Å². The summed E-state index contributed by atoms with van der Waals surface area (Å²) in [5, 5.41) is 9.54. The minimum absolute atomic E-state index is 0.203. The first-order valence-corrected chi connectivity index (χ1v) is 5.49. The molecule has 0 heterocycles. The van der Waals surface area contributed by atoms with E-state index in [0.717, 1.165) is 12.5 Å².